The summed E-state index contributed by atoms with van der Waals surface area (Å²) in [4.78, 5) is 0. The Labute approximate surface area is 110 Å². The minimum Gasteiger partial charge on any atom is -0.508 e. The number of benzene rings is 1. The second kappa shape index (κ2) is 5.57. The Kier molecular flexibility index (Phi) is 4.07. The maximum atomic E-state index is 10.1. The maximum Gasteiger partial charge on any atom is 0.120 e. The number of fused-ring (bicyclic) bond motifs is 1. The molecule has 0 fully saturated rings. The molecule has 1 aromatic carbocycles. The Morgan fingerprint density at radius 2 is 2.17 bits per heavy atom. The minimum atomic E-state index is 0.306. The highest BCUT2D eigenvalue weighted by molar-refractivity contribution is 5.50. The van der Waals surface area contributed by atoms with Crippen LogP contribution in [0, 0.1) is 6.92 Å². The number of aryl methyl sites for hydroxylation is 1. The number of hydrogen-bond acceptors (Lipinski definition) is 2. The molecule has 1 aliphatic carbocycles. The molecular weight excluding hydrogens is 222 g/mol. The van der Waals surface area contributed by atoms with E-state index in [1.807, 2.05) is 19.1 Å². The molecule has 0 amide bonds. The van der Waals surface area contributed by atoms with Crippen molar-refractivity contribution < 1.29 is 5.11 Å². The summed E-state index contributed by atoms with van der Waals surface area (Å²) in [6.07, 6.45) is 6.38. The average molecular weight is 245 g/mol. The third-order valence-corrected chi connectivity index (χ3v) is 3.85. The molecule has 2 unspecified atom stereocenters. The summed E-state index contributed by atoms with van der Waals surface area (Å²) < 4.78 is 0. The Bertz CT molecular complexity index is 451. The van der Waals surface area contributed by atoms with Crippen LogP contribution in [0.3, 0.4) is 0 Å². The van der Waals surface area contributed by atoms with Gasteiger partial charge in [-0.3, -0.25) is 0 Å². The molecule has 0 saturated heterocycles. The Hall–Kier alpha value is -1.28. The van der Waals surface area contributed by atoms with Gasteiger partial charge in [-0.15, -0.1) is 0 Å². The third-order valence-electron chi connectivity index (χ3n) is 3.85. The molecule has 1 aromatic rings. The van der Waals surface area contributed by atoms with Crippen molar-refractivity contribution in [3.8, 4) is 5.75 Å². The summed E-state index contributed by atoms with van der Waals surface area (Å²) in [5, 5.41) is 13.7. The van der Waals surface area contributed by atoms with Gasteiger partial charge in [0, 0.05) is 11.6 Å². The molecule has 2 rings (SSSR count). The fraction of sp³-hybridized carbons (Fsp3) is 0.500. The van der Waals surface area contributed by atoms with Crippen LogP contribution in [0.15, 0.2) is 24.3 Å². The standard InChI is InChI=1S/C16H23NO/c1-4-5-6-9-17-13-10-12(3)15-11(2)7-8-14(18)16(13)15/h4-5,7-8,12-13,17-18H,6,9-10H2,1-3H3/b5-4+. The Balaban J connectivity index is 2.16. The number of aromatic hydroxyl groups is 1. The monoisotopic (exact) mass is 245 g/mol. The van der Waals surface area contributed by atoms with Crippen LogP contribution < -0.4 is 5.32 Å². The summed E-state index contributed by atoms with van der Waals surface area (Å²) in [5.41, 5.74) is 3.77. The zero-order valence-corrected chi connectivity index (χ0v) is 11.5. The van der Waals surface area contributed by atoms with E-state index in [0.717, 1.165) is 24.9 Å². The van der Waals surface area contributed by atoms with Crippen molar-refractivity contribution in [3.05, 3.63) is 41.0 Å². The van der Waals surface area contributed by atoms with Crippen molar-refractivity contribution in [1.82, 2.24) is 5.32 Å². The molecule has 2 nitrogen and oxygen atoms in total. The van der Waals surface area contributed by atoms with Crippen LogP contribution in [0.5, 0.6) is 5.75 Å². The van der Waals surface area contributed by atoms with E-state index in [1.54, 1.807) is 0 Å². The van der Waals surface area contributed by atoms with Gasteiger partial charge in [0.2, 0.25) is 0 Å². The second-order valence-corrected chi connectivity index (χ2v) is 5.23. The van der Waals surface area contributed by atoms with Gasteiger partial charge in [-0.2, -0.15) is 0 Å². The fourth-order valence-corrected chi connectivity index (χ4v) is 3.04. The lowest BCUT2D eigenvalue weighted by atomic mass is 9.97. The quantitative estimate of drug-likeness (QED) is 0.624. The summed E-state index contributed by atoms with van der Waals surface area (Å²) in [6.45, 7) is 7.40. The zero-order chi connectivity index (χ0) is 13.1. The van der Waals surface area contributed by atoms with Gasteiger partial charge in [0.1, 0.15) is 5.75 Å². The SMILES string of the molecule is C/C=C/CCNC1CC(C)c2c(C)ccc(O)c21. The van der Waals surface area contributed by atoms with Gasteiger partial charge >= 0.3 is 0 Å². The molecule has 0 aromatic heterocycles. The average Bonchev–Trinajstić information content (AvgIpc) is 2.68. The third kappa shape index (κ3) is 2.44. The van der Waals surface area contributed by atoms with Gasteiger partial charge < -0.3 is 10.4 Å². The second-order valence-electron chi connectivity index (χ2n) is 5.23. The van der Waals surface area contributed by atoms with Gasteiger partial charge in [0.25, 0.3) is 0 Å². The predicted molar refractivity (Wildman–Crippen MR) is 76.1 cm³/mol. The molecule has 0 aliphatic heterocycles. The normalized spacial score (nSPS) is 22.6. The molecule has 0 bridgehead atoms. The molecule has 18 heavy (non-hydrogen) atoms. The minimum absolute atomic E-state index is 0.306. The van der Waals surface area contributed by atoms with Crippen LogP contribution in [0.25, 0.3) is 0 Å². The van der Waals surface area contributed by atoms with Crippen molar-refractivity contribution >= 4 is 0 Å². The molecular formula is C16H23NO. The van der Waals surface area contributed by atoms with Crippen molar-refractivity contribution in [3.63, 3.8) is 0 Å². The number of rotatable bonds is 4. The van der Waals surface area contributed by atoms with Gasteiger partial charge in [0.05, 0.1) is 0 Å². The first kappa shape index (κ1) is 13.2. The van der Waals surface area contributed by atoms with E-state index in [9.17, 15) is 5.11 Å². The van der Waals surface area contributed by atoms with E-state index in [4.69, 9.17) is 0 Å². The molecule has 0 spiro atoms. The smallest absolute Gasteiger partial charge is 0.120 e. The van der Waals surface area contributed by atoms with Gasteiger partial charge in [-0.25, -0.2) is 0 Å². The van der Waals surface area contributed by atoms with Crippen LogP contribution in [0.1, 0.15) is 55.3 Å². The molecule has 2 N–H and O–H groups in total. The number of phenolic OH excluding ortho intramolecular Hbond substituents is 1. The highest BCUT2D eigenvalue weighted by Gasteiger charge is 2.31. The van der Waals surface area contributed by atoms with Crippen LogP contribution in [0.2, 0.25) is 0 Å². The number of allylic oxidation sites excluding steroid dienone is 1. The largest absolute Gasteiger partial charge is 0.508 e. The van der Waals surface area contributed by atoms with E-state index in [0.29, 0.717) is 17.7 Å². The summed E-state index contributed by atoms with van der Waals surface area (Å²) in [7, 11) is 0. The highest BCUT2D eigenvalue weighted by atomic mass is 16.3. The van der Waals surface area contributed by atoms with Crippen LogP contribution in [-0.2, 0) is 0 Å². The lowest BCUT2D eigenvalue weighted by Gasteiger charge is -2.15. The van der Waals surface area contributed by atoms with Gasteiger partial charge in [-0.1, -0.05) is 25.1 Å². The molecule has 2 atom stereocenters. The topological polar surface area (TPSA) is 32.3 Å². The van der Waals surface area contributed by atoms with E-state index in [1.165, 1.54) is 11.1 Å². The fourth-order valence-electron chi connectivity index (χ4n) is 3.04. The van der Waals surface area contributed by atoms with Crippen molar-refractivity contribution in [2.24, 2.45) is 0 Å². The summed E-state index contributed by atoms with van der Waals surface area (Å²) in [5.74, 6) is 0.981. The van der Waals surface area contributed by atoms with Gasteiger partial charge in [0.15, 0.2) is 0 Å². The maximum absolute atomic E-state index is 10.1. The Morgan fingerprint density at radius 3 is 2.89 bits per heavy atom. The van der Waals surface area contributed by atoms with E-state index >= 15 is 0 Å². The van der Waals surface area contributed by atoms with Crippen molar-refractivity contribution in [1.29, 1.82) is 0 Å². The molecule has 0 heterocycles. The summed E-state index contributed by atoms with van der Waals surface area (Å²) in [6, 6.07) is 4.15. The molecule has 1 aliphatic rings. The predicted octanol–water partition coefficient (Wildman–Crippen LogP) is 3.80. The number of phenols is 1. The lowest BCUT2D eigenvalue weighted by molar-refractivity contribution is 0.447. The van der Waals surface area contributed by atoms with Crippen LogP contribution >= 0.6 is 0 Å². The van der Waals surface area contributed by atoms with Crippen LogP contribution in [0.4, 0.5) is 0 Å². The first-order valence-electron chi connectivity index (χ1n) is 6.82. The van der Waals surface area contributed by atoms with Crippen molar-refractivity contribution in [2.75, 3.05) is 6.54 Å². The van der Waals surface area contributed by atoms with Crippen molar-refractivity contribution in [2.45, 2.75) is 45.6 Å². The van der Waals surface area contributed by atoms with Gasteiger partial charge in [-0.05, 0) is 56.3 Å². The summed E-state index contributed by atoms with van der Waals surface area (Å²) >= 11 is 0. The molecule has 2 heteroatoms. The molecule has 0 saturated carbocycles. The number of nitrogens with one attached hydrogen (secondary N) is 1. The first-order chi connectivity index (χ1) is 8.65. The molecule has 98 valence electrons. The first-order valence-corrected chi connectivity index (χ1v) is 6.82. The molecule has 0 radical (unpaired) electrons. The van der Waals surface area contributed by atoms with E-state index in [-0.39, 0.29) is 0 Å². The number of hydrogen-bond donors (Lipinski definition) is 2. The van der Waals surface area contributed by atoms with E-state index < -0.39 is 0 Å². The Morgan fingerprint density at radius 1 is 1.39 bits per heavy atom. The van der Waals surface area contributed by atoms with E-state index in [2.05, 4.69) is 31.3 Å². The zero-order valence-electron chi connectivity index (χ0n) is 11.5. The lowest BCUT2D eigenvalue weighted by Crippen LogP contribution is -2.20. The highest BCUT2D eigenvalue weighted by Crippen LogP contribution is 2.45. The van der Waals surface area contributed by atoms with Crippen LogP contribution in [-0.4, -0.2) is 11.7 Å².